The van der Waals surface area contributed by atoms with E-state index in [9.17, 15) is 79.0 Å². The quantitative estimate of drug-likeness (QED) is 0.219. The van der Waals surface area contributed by atoms with Crippen molar-refractivity contribution in [3.05, 3.63) is 88.0 Å². The van der Waals surface area contributed by atoms with Gasteiger partial charge in [0, 0.05) is 35.2 Å². The van der Waals surface area contributed by atoms with Gasteiger partial charge in [0.2, 0.25) is 0 Å². The molecule has 0 bridgehead atoms. The highest BCUT2D eigenvalue weighted by molar-refractivity contribution is 5.55. The van der Waals surface area contributed by atoms with Gasteiger partial charge in [0.15, 0.2) is 0 Å². The Morgan fingerprint density at radius 3 is 0.588 bits per heavy atom. The minimum absolute atomic E-state index is 0.196. The van der Waals surface area contributed by atoms with Gasteiger partial charge in [-0.25, -0.2) is 0 Å². The van der Waals surface area contributed by atoms with Crippen LogP contribution in [0.3, 0.4) is 0 Å². The van der Waals surface area contributed by atoms with E-state index in [1.165, 1.54) is 0 Å². The predicted molar refractivity (Wildman–Crippen MR) is 145 cm³/mol. The van der Waals surface area contributed by atoms with Crippen molar-refractivity contribution in [3.63, 3.8) is 0 Å². The van der Waals surface area contributed by atoms with Gasteiger partial charge >= 0.3 is 37.1 Å². The Hall–Kier alpha value is -4.20. The summed E-state index contributed by atoms with van der Waals surface area (Å²) in [5.41, 5.74) is -12.9. The third-order valence-electron chi connectivity index (χ3n) is 7.58. The summed E-state index contributed by atoms with van der Waals surface area (Å²) in [6, 6.07) is -2.84. The van der Waals surface area contributed by atoms with Gasteiger partial charge in [-0.1, -0.05) is 0 Å². The van der Waals surface area contributed by atoms with E-state index in [0.29, 0.717) is 0 Å². The first-order valence-corrected chi connectivity index (χ1v) is 14.2. The lowest BCUT2D eigenvalue weighted by atomic mass is 9.86. The smallest absolute Gasteiger partial charge is 0.382 e. The van der Waals surface area contributed by atoms with Gasteiger partial charge in [-0.2, -0.15) is 79.0 Å². The molecule has 3 aromatic carbocycles. The second kappa shape index (κ2) is 13.4. The maximum absolute atomic E-state index is 13.5. The van der Waals surface area contributed by atoms with Gasteiger partial charge in [0.1, 0.15) is 0 Å². The van der Waals surface area contributed by atoms with Crippen LogP contribution in [0.25, 0.3) is 0 Å². The monoisotopic (exact) mass is 765 g/mol. The fraction of sp³-hybridized carbons (Fsp3) is 0.400. The fourth-order valence-electron chi connectivity index (χ4n) is 5.49. The Kier molecular flexibility index (Phi) is 10.4. The Morgan fingerprint density at radius 2 is 0.451 bits per heavy atom. The molecular weight excluding hydrogens is 744 g/mol. The Bertz CT molecular complexity index is 1400. The molecule has 0 aromatic heterocycles. The van der Waals surface area contributed by atoms with Crippen LogP contribution in [0.15, 0.2) is 54.6 Å². The normalized spacial score (nSPS) is 19.5. The first-order valence-electron chi connectivity index (χ1n) is 14.2. The summed E-state index contributed by atoms with van der Waals surface area (Å²) in [4.78, 5) is 0. The molecule has 1 saturated carbocycles. The van der Waals surface area contributed by atoms with Crippen molar-refractivity contribution in [2.75, 3.05) is 16.0 Å². The second-order valence-corrected chi connectivity index (χ2v) is 11.6. The fourth-order valence-corrected chi connectivity index (χ4v) is 5.49. The van der Waals surface area contributed by atoms with Gasteiger partial charge in [0.25, 0.3) is 0 Å². The summed E-state index contributed by atoms with van der Waals surface area (Å²) in [6.07, 6.45) is -33.0. The number of hydrogen-bond donors (Lipinski definition) is 3. The molecule has 0 spiro atoms. The van der Waals surface area contributed by atoms with Crippen LogP contribution < -0.4 is 16.0 Å². The first kappa shape index (κ1) is 39.6. The van der Waals surface area contributed by atoms with Gasteiger partial charge in [-0.05, 0) is 73.9 Å². The van der Waals surface area contributed by atoms with E-state index in [-0.39, 0.29) is 54.6 Å². The van der Waals surface area contributed by atoms with Crippen molar-refractivity contribution in [2.45, 2.75) is 74.4 Å². The molecule has 1 aliphatic carbocycles. The van der Waals surface area contributed by atoms with Gasteiger partial charge < -0.3 is 16.0 Å². The summed E-state index contributed by atoms with van der Waals surface area (Å²) >= 11 is 0. The summed E-state index contributed by atoms with van der Waals surface area (Å²) in [7, 11) is 0. The highest BCUT2D eigenvalue weighted by atomic mass is 19.4. The number of anilines is 3. The lowest BCUT2D eigenvalue weighted by molar-refractivity contribution is -0.144. The molecule has 0 saturated heterocycles. The highest BCUT2D eigenvalue weighted by Crippen LogP contribution is 2.42. The van der Waals surface area contributed by atoms with Crippen LogP contribution >= 0.6 is 0 Å². The summed E-state index contributed by atoms with van der Waals surface area (Å²) in [6.45, 7) is 0. The third kappa shape index (κ3) is 10.4. The lowest BCUT2D eigenvalue weighted by Gasteiger charge is -2.38. The molecule has 0 heterocycles. The van der Waals surface area contributed by atoms with Crippen molar-refractivity contribution >= 4 is 17.1 Å². The molecule has 4 rings (SSSR count). The van der Waals surface area contributed by atoms with E-state index in [0.717, 1.165) is 0 Å². The molecule has 3 aromatic rings. The van der Waals surface area contributed by atoms with Crippen LogP contribution in [0.5, 0.6) is 0 Å². The van der Waals surface area contributed by atoms with E-state index in [2.05, 4.69) is 16.0 Å². The van der Waals surface area contributed by atoms with Crippen molar-refractivity contribution in [1.82, 2.24) is 0 Å². The molecule has 3 N–H and O–H groups in total. The Balaban J connectivity index is 1.76. The molecule has 0 atom stereocenters. The van der Waals surface area contributed by atoms with E-state index in [1.54, 1.807) is 0 Å². The molecule has 282 valence electrons. The van der Waals surface area contributed by atoms with Crippen molar-refractivity contribution < 1.29 is 79.0 Å². The molecule has 1 aliphatic rings. The van der Waals surface area contributed by atoms with Crippen LogP contribution in [0, 0.1) is 0 Å². The van der Waals surface area contributed by atoms with Gasteiger partial charge in [0.05, 0.1) is 33.4 Å². The second-order valence-electron chi connectivity index (χ2n) is 11.6. The Morgan fingerprint density at radius 1 is 0.294 bits per heavy atom. The van der Waals surface area contributed by atoms with Crippen molar-refractivity contribution in [1.29, 1.82) is 0 Å². The molecular formula is C30H21F18N3. The Labute approximate surface area is 275 Å². The molecule has 0 radical (unpaired) electrons. The molecule has 51 heavy (non-hydrogen) atoms. The lowest BCUT2D eigenvalue weighted by Crippen LogP contribution is -2.43. The molecule has 0 aliphatic heterocycles. The predicted octanol–water partition coefficient (Wildman–Crippen LogP) is 11.7. The maximum atomic E-state index is 13.5. The third-order valence-corrected chi connectivity index (χ3v) is 7.58. The maximum Gasteiger partial charge on any atom is 0.416 e. The molecule has 21 heteroatoms. The topological polar surface area (TPSA) is 36.1 Å². The van der Waals surface area contributed by atoms with Gasteiger partial charge in [-0.15, -0.1) is 0 Å². The van der Waals surface area contributed by atoms with Gasteiger partial charge in [-0.3, -0.25) is 0 Å². The van der Waals surface area contributed by atoms with Crippen LogP contribution in [0.4, 0.5) is 96.1 Å². The minimum atomic E-state index is -5.29. The number of rotatable bonds is 6. The number of hydrogen-bond acceptors (Lipinski definition) is 3. The summed E-state index contributed by atoms with van der Waals surface area (Å²) in [5, 5.41) is 7.14. The number of benzene rings is 3. The zero-order chi connectivity index (χ0) is 38.5. The van der Waals surface area contributed by atoms with E-state index >= 15 is 0 Å². The zero-order valence-corrected chi connectivity index (χ0v) is 24.9. The van der Waals surface area contributed by atoms with Crippen LogP contribution in [0.2, 0.25) is 0 Å². The first-order chi connectivity index (χ1) is 23.0. The standard InChI is InChI=1S/C30H21F18N3/c31-25(32,33)13-1-14(26(34,35)36)5-19(4-13)49-22-10-23(50-20-6-15(27(37,38)39)2-16(7-20)28(40,41)42)12-24(11-22)51-21-8-17(29(43,44)45)3-18(9-21)30(46,47)48/h1-9,22-24,49-51H,10-12H2. The molecule has 0 amide bonds. The van der Waals surface area contributed by atoms with Crippen molar-refractivity contribution in [2.24, 2.45) is 0 Å². The molecule has 3 nitrogen and oxygen atoms in total. The number of nitrogens with one attached hydrogen (secondary N) is 3. The highest BCUT2D eigenvalue weighted by Gasteiger charge is 2.41. The van der Waals surface area contributed by atoms with Crippen LogP contribution in [0.1, 0.15) is 52.6 Å². The molecule has 0 unspecified atom stereocenters. The average molecular weight is 765 g/mol. The minimum Gasteiger partial charge on any atom is -0.382 e. The number of alkyl halides is 18. The average Bonchev–Trinajstić information content (AvgIpc) is 2.94. The van der Waals surface area contributed by atoms with Crippen LogP contribution in [-0.4, -0.2) is 18.1 Å². The SMILES string of the molecule is FC(F)(F)c1cc(NC2CC(Nc3cc(C(F)(F)F)cc(C(F)(F)F)c3)CC(Nc3cc(C(F)(F)F)cc(C(F)(F)F)c3)C2)cc(C(F)(F)F)c1. The zero-order valence-electron chi connectivity index (χ0n) is 24.9. The summed E-state index contributed by atoms with van der Waals surface area (Å²) in [5.74, 6) is 0. The van der Waals surface area contributed by atoms with Crippen molar-refractivity contribution in [3.8, 4) is 0 Å². The van der Waals surface area contributed by atoms with E-state index in [1.807, 2.05) is 0 Å². The van der Waals surface area contributed by atoms with E-state index in [4.69, 9.17) is 0 Å². The largest absolute Gasteiger partial charge is 0.416 e. The molecule has 1 fully saturated rings. The number of halogens is 18. The summed E-state index contributed by atoms with van der Waals surface area (Å²) < 4.78 is 242. The van der Waals surface area contributed by atoms with E-state index < -0.39 is 125 Å². The van der Waals surface area contributed by atoms with Crippen LogP contribution in [-0.2, 0) is 37.1 Å².